The van der Waals surface area contributed by atoms with Crippen molar-refractivity contribution in [1.29, 1.82) is 0 Å². The molecule has 2 aromatic rings. The zero-order valence-corrected chi connectivity index (χ0v) is 13.1. The smallest absolute Gasteiger partial charge is 0.319 e. The summed E-state index contributed by atoms with van der Waals surface area (Å²) in [5.41, 5.74) is 0.469. The molecule has 2 N–H and O–H groups in total. The van der Waals surface area contributed by atoms with Crippen LogP contribution in [-0.2, 0) is 0 Å². The highest BCUT2D eigenvalue weighted by Gasteiger charge is 2.23. The number of amides is 1. The molecule has 0 spiro atoms. The minimum atomic E-state index is -0.651. The molecule has 9 heteroatoms. The van der Waals surface area contributed by atoms with Crippen LogP contribution in [0.25, 0.3) is 0 Å². The number of rotatable bonds is 6. The molecule has 1 aromatic carbocycles. The largest absolute Gasteiger partial charge is 0.349 e. The predicted molar refractivity (Wildman–Crippen MR) is 85.3 cm³/mol. The average Bonchev–Trinajstić information content (AvgIpc) is 2.97. The summed E-state index contributed by atoms with van der Waals surface area (Å²) in [5, 5.41) is 19.9. The van der Waals surface area contributed by atoms with Gasteiger partial charge in [0.05, 0.1) is 4.92 Å². The fraction of sp³-hybridized carbons (Fsp3) is 0.231. The standard InChI is InChI=1S/C13H13ClN4O3S/c1-22-11(8-3-2-4-9(14)5-8)7-15-13(19)12-10(18(20)21)6-16-17-12/h2-6,11H,7H2,1H3,(H,15,19)(H,16,17). The number of thioether (sulfide) groups is 1. The van der Waals surface area contributed by atoms with E-state index in [9.17, 15) is 14.9 Å². The maximum atomic E-state index is 12.0. The first-order chi connectivity index (χ1) is 10.5. The maximum absolute atomic E-state index is 12.0. The third-order valence-corrected chi connectivity index (χ3v) is 4.24. The fourth-order valence-electron chi connectivity index (χ4n) is 1.90. The highest BCUT2D eigenvalue weighted by Crippen LogP contribution is 2.27. The van der Waals surface area contributed by atoms with Gasteiger partial charge in [0.25, 0.3) is 5.91 Å². The Bertz CT molecular complexity index is 691. The summed E-state index contributed by atoms with van der Waals surface area (Å²) < 4.78 is 0. The van der Waals surface area contributed by atoms with E-state index < -0.39 is 10.8 Å². The number of H-pyrrole nitrogens is 1. The molecule has 1 atom stereocenters. The van der Waals surface area contributed by atoms with E-state index in [1.807, 2.05) is 24.5 Å². The molecular weight excluding hydrogens is 328 g/mol. The van der Waals surface area contributed by atoms with Crippen LogP contribution in [0.3, 0.4) is 0 Å². The van der Waals surface area contributed by atoms with E-state index in [0.717, 1.165) is 11.8 Å². The van der Waals surface area contributed by atoms with Crippen LogP contribution < -0.4 is 5.32 Å². The van der Waals surface area contributed by atoms with Crippen LogP contribution in [0.5, 0.6) is 0 Å². The third kappa shape index (κ3) is 3.77. The zero-order chi connectivity index (χ0) is 16.1. The zero-order valence-electron chi connectivity index (χ0n) is 11.6. The van der Waals surface area contributed by atoms with Gasteiger partial charge < -0.3 is 5.32 Å². The van der Waals surface area contributed by atoms with E-state index in [1.165, 1.54) is 0 Å². The molecular formula is C13H13ClN4O3S. The number of aromatic nitrogens is 2. The highest BCUT2D eigenvalue weighted by atomic mass is 35.5. The maximum Gasteiger partial charge on any atom is 0.319 e. The number of hydrogen-bond acceptors (Lipinski definition) is 5. The Morgan fingerprint density at radius 2 is 2.36 bits per heavy atom. The van der Waals surface area contributed by atoms with Gasteiger partial charge in [-0.05, 0) is 24.0 Å². The number of halogens is 1. The molecule has 22 heavy (non-hydrogen) atoms. The molecule has 116 valence electrons. The molecule has 0 radical (unpaired) electrons. The third-order valence-electron chi connectivity index (χ3n) is 3.00. The lowest BCUT2D eigenvalue weighted by molar-refractivity contribution is -0.385. The van der Waals surface area contributed by atoms with Crippen LogP contribution in [0.1, 0.15) is 21.3 Å². The van der Waals surface area contributed by atoms with Gasteiger partial charge in [-0.2, -0.15) is 16.9 Å². The molecule has 0 aliphatic rings. The van der Waals surface area contributed by atoms with Crippen molar-refractivity contribution < 1.29 is 9.72 Å². The van der Waals surface area contributed by atoms with Gasteiger partial charge in [-0.25, -0.2) is 0 Å². The summed E-state index contributed by atoms with van der Waals surface area (Å²) in [7, 11) is 0. The lowest BCUT2D eigenvalue weighted by Crippen LogP contribution is -2.28. The number of nitro groups is 1. The van der Waals surface area contributed by atoms with Crippen LogP contribution in [0, 0.1) is 10.1 Å². The molecule has 0 saturated heterocycles. The Hall–Kier alpha value is -2.06. The summed E-state index contributed by atoms with van der Waals surface area (Å²) in [6, 6.07) is 7.35. The van der Waals surface area contributed by atoms with Crippen molar-refractivity contribution in [2.45, 2.75) is 5.25 Å². The monoisotopic (exact) mass is 340 g/mol. The van der Waals surface area contributed by atoms with Crippen LogP contribution >= 0.6 is 23.4 Å². The van der Waals surface area contributed by atoms with Crippen molar-refractivity contribution in [1.82, 2.24) is 15.5 Å². The number of carbonyl (C=O) groups is 1. The molecule has 0 fully saturated rings. The van der Waals surface area contributed by atoms with Gasteiger partial charge in [-0.3, -0.25) is 20.0 Å². The normalized spacial score (nSPS) is 11.9. The minimum Gasteiger partial charge on any atom is -0.349 e. The first-order valence-corrected chi connectivity index (χ1v) is 7.93. The molecule has 2 rings (SSSR count). The Morgan fingerprint density at radius 1 is 1.59 bits per heavy atom. The lowest BCUT2D eigenvalue weighted by atomic mass is 10.1. The molecule has 1 aromatic heterocycles. The number of benzene rings is 1. The molecule has 1 heterocycles. The second-order valence-electron chi connectivity index (χ2n) is 4.38. The summed E-state index contributed by atoms with van der Waals surface area (Å²) in [6.45, 7) is 0.316. The predicted octanol–water partition coefficient (Wildman–Crippen LogP) is 2.81. The van der Waals surface area contributed by atoms with Crippen LogP contribution in [-0.4, -0.2) is 33.8 Å². The van der Waals surface area contributed by atoms with Gasteiger partial charge in [0.15, 0.2) is 0 Å². The minimum absolute atomic E-state index is 0.00960. The number of aromatic amines is 1. The molecule has 1 amide bonds. The first-order valence-electron chi connectivity index (χ1n) is 6.27. The van der Waals surface area contributed by atoms with Crippen molar-refractivity contribution >= 4 is 35.0 Å². The fourth-order valence-corrected chi connectivity index (χ4v) is 2.77. The first kappa shape index (κ1) is 16.3. The van der Waals surface area contributed by atoms with E-state index in [-0.39, 0.29) is 16.6 Å². The van der Waals surface area contributed by atoms with Gasteiger partial charge in [-0.1, -0.05) is 23.7 Å². The van der Waals surface area contributed by atoms with E-state index in [2.05, 4.69) is 15.5 Å². The van der Waals surface area contributed by atoms with Gasteiger partial charge in [0.1, 0.15) is 6.20 Å². The molecule has 0 aliphatic carbocycles. The topological polar surface area (TPSA) is 101 Å². The Kier molecular flexibility index (Phi) is 5.40. The van der Waals surface area contributed by atoms with E-state index in [0.29, 0.717) is 11.6 Å². The average molecular weight is 341 g/mol. The van der Waals surface area contributed by atoms with E-state index >= 15 is 0 Å². The second-order valence-corrected chi connectivity index (χ2v) is 5.85. The molecule has 0 aliphatic heterocycles. The quantitative estimate of drug-likeness (QED) is 0.622. The van der Waals surface area contributed by atoms with Gasteiger partial charge in [0.2, 0.25) is 5.69 Å². The van der Waals surface area contributed by atoms with Crippen molar-refractivity contribution in [3.8, 4) is 0 Å². The highest BCUT2D eigenvalue weighted by molar-refractivity contribution is 7.98. The SMILES string of the molecule is CSC(CNC(=O)c1[nH]ncc1[N+](=O)[O-])c1cccc(Cl)c1. The molecule has 1 unspecified atom stereocenters. The van der Waals surface area contributed by atoms with Gasteiger partial charge in [-0.15, -0.1) is 0 Å². The summed E-state index contributed by atoms with van der Waals surface area (Å²) in [4.78, 5) is 22.2. The van der Waals surface area contributed by atoms with Crippen LogP contribution in [0.4, 0.5) is 5.69 Å². The number of nitrogens with one attached hydrogen (secondary N) is 2. The van der Waals surface area contributed by atoms with Crippen molar-refractivity contribution in [2.24, 2.45) is 0 Å². The van der Waals surface area contributed by atoms with Crippen LogP contribution in [0.2, 0.25) is 5.02 Å². The number of hydrogen-bond donors (Lipinski definition) is 2. The van der Waals surface area contributed by atoms with Crippen molar-refractivity contribution in [2.75, 3.05) is 12.8 Å². The molecule has 7 nitrogen and oxygen atoms in total. The Labute approximate surface area is 135 Å². The van der Waals surface area contributed by atoms with Gasteiger partial charge in [0, 0.05) is 16.8 Å². The Balaban J connectivity index is 2.06. The van der Waals surface area contributed by atoms with Crippen LogP contribution in [0.15, 0.2) is 30.5 Å². The molecule has 0 saturated carbocycles. The van der Waals surface area contributed by atoms with E-state index in [1.54, 1.807) is 17.8 Å². The summed E-state index contributed by atoms with van der Waals surface area (Å²) in [6.07, 6.45) is 2.92. The number of nitrogens with zero attached hydrogens (tertiary/aromatic N) is 2. The Morgan fingerprint density at radius 3 is 3.00 bits per heavy atom. The van der Waals surface area contributed by atoms with Gasteiger partial charge >= 0.3 is 5.69 Å². The van der Waals surface area contributed by atoms with E-state index in [4.69, 9.17) is 11.6 Å². The molecule has 0 bridgehead atoms. The second kappa shape index (κ2) is 7.28. The van der Waals surface area contributed by atoms with Crippen molar-refractivity contribution in [3.63, 3.8) is 0 Å². The lowest BCUT2D eigenvalue weighted by Gasteiger charge is -2.15. The summed E-state index contributed by atoms with van der Waals surface area (Å²) >= 11 is 7.51. The summed E-state index contributed by atoms with van der Waals surface area (Å²) in [5.74, 6) is -0.565. The number of carbonyl (C=O) groups excluding carboxylic acids is 1. The van der Waals surface area contributed by atoms with Crippen molar-refractivity contribution in [3.05, 3.63) is 56.9 Å².